The van der Waals surface area contributed by atoms with E-state index in [2.05, 4.69) is 40.3 Å². The van der Waals surface area contributed by atoms with E-state index in [-0.39, 0.29) is 12.4 Å². The van der Waals surface area contributed by atoms with Gasteiger partial charge in [0.1, 0.15) is 18.2 Å². The van der Waals surface area contributed by atoms with Crippen LogP contribution in [0, 0.1) is 5.82 Å². The Labute approximate surface area is 162 Å². The van der Waals surface area contributed by atoms with E-state index in [1.54, 1.807) is 12.1 Å². The van der Waals surface area contributed by atoms with Gasteiger partial charge < -0.3 is 10.1 Å². The average molecular weight is 414 g/mol. The van der Waals surface area contributed by atoms with Gasteiger partial charge in [-0.2, -0.15) is 0 Å². The lowest BCUT2D eigenvalue weighted by atomic mass is 10.1. The molecule has 0 aliphatic heterocycles. The highest BCUT2D eigenvalue weighted by Gasteiger charge is 2.08. The Bertz CT molecular complexity index is 882. The lowest BCUT2D eigenvalue weighted by molar-refractivity contribution is 0.297. The van der Waals surface area contributed by atoms with Crippen molar-refractivity contribution >= 4 is 21.6 Å². The lowest BCUT2D eigenvalue weighted by Crippen LogP contribution is -2.06. The molecule has 3 aromatic rings. The van der Waals surface area contributed by atoms with Crippen molar-refractivity contribution in [1.82, 2.24) is 0 Å². The van der Waals surface area contributed by atoms with Gasteiger partial charge in [0.05, 0.1) is 0 Å². The van der Waals surface area contributed by atoms with Crippen LogP contribution in [0.5, 0.6) is 5.75 Å². The Balaban J connectivity index is 1.74. The number of ether oxygens (including phenoxy) is 1. The summed E-state index contributed by atoms with van der Waals surface area (Å²) >= 11 is 3.52. The first kappa shape index (κ1) is 18.5. The fourth-order valence-corrected chi connectivity index (χ4v) is 3.20. The first-order valence-electron chi connectivity index (χ1n) is 8.63. The summed E-state index contributed by atoms with van der Waals surface area (Å²) < 4.78 is 20.7. The number of hydrogen-bond donors (Lipinski definition) is 1. The molecule has 26 heavy (non-hydrogen) atoms. The van der Waals surface area contributed by atoms with Gasteiger partial charge in [0.25, 0.3) is 0 Å². The van der Waals surface area contributed by atoms with Crippen LogP contribution in [0.25, 0.3) is 0 Å². The Kier molecular flexibility index (Phi) is 6.29. The molecular weight excluding hydrogens is 393 g/mol. The largest absolute Gasteiger partial charge is 0.488 e. The van der Waals surface area contributed by atoms with E-state index in [1.165, 1.54) is 11.6 Å². The maximum atomic E-state index is 13.8. The second-order valence-corrected chi connectivity index (χ2v) is 6.91. The number of halogens is 2. The van der Waals surface area contributed by atoms with E-state index in [0.29, 0.717) is 12.1 Å². The molecule has 0 saturated carbocycles. The molecule has 0 aliphatic rings. The molecule has 0 fully saturated rings. The van der Waals surface area contributed by atoms with Gasteiger partial charge >= 0.3 is 0 Å². The Hall–Kier alpha value is -2.33. The molecule has 0 unspecified atom stereocenters. The topological polar surface area (TPSA) is 21.3 Å². The molecule has 0 atom stereocenters. The summed E-state index contributed by atoms with van der Waals surface area (Å²) in [6, 6.07) is 20.8. The molecule has 2 nitrogen and oxygen atoms in total. The first-order chi connectivity index (χ1) is 12.7. The molecule has 0 saturated heterocycles. The zero-order chi connectivity index (χ0) is 18.4. The summed E-state index contributed by atoms with van der Waals surface area (Å²) in [5.41, 5.74) is 3.96. The highest BCUT2D eigenvalue weighted by atomic mass is 79.9. The molecule has 0 bridgehead atoms. The standard InChI is InChI=1S/C22H21BrFNO/c1-2-16-7-4-6-10-21(16)25-14-18-13-19(23)11-12-22(18)26-15-17-8-3-5-9-20(17)24/h3-13,25H,2,14-15H2,1H3. The number of hydrogen-bond acceptors (Lipinski definition) is 2. The fraction of sp³-hybridized carbons (Fsp3) is 0.182. The summed E-state index contributed by atoms with van der Waals surface area (Å²) in [6.07, 6.45) is 0.971. The van der Waals surface area contributed by atoms with Crippen LogP contribution in [-0.2, 0) is 19.6 Å². The molecule has 0 spiro atoms. The Morgan fingerprint density at radius 3 is 2.42 bits per heavy atom. The van der Waals surface area contributed by atoms with Crippen molar-refractivity contribution in [3.05, 3.63) is 93.7 Å². The minimum Gasteiger partial charge on any atom is -0.488 e. The second kappa shape index (κ2) is 8.86. The van der Waals surface area contributed by atoms with Gasteiger partial charge in [-0.1, -0.05) is 59.3 Å². The third-order valence-electron chi connectivity index (χ3n) is 4.23. The van der Waals surface area contributed by atoms with Crippen molar-refractivity contribution in [2.45, 2.75) is 26.5 Å². The number of anilines is 1. The smallest absolute Gasteiger partial charge is 0.129 e. The van der Waals surface area contributed by atoms with Crippen LogP contribution in [-0.4, -0.2) is 0 Å². The van der Waals surface area contributed by atoms with Gasteiger partial charge in [-0.3, -0.25) is 0 Å². The summed E-state index contributed by atoms with van der Waals surface area (Å²) in [7, 11) is 0. The summed E-state index contributed by atoms with van der Waals surface area (Å²) in [4.78, 5) is 0. The van der Waals surface area contributed by atoms with Crippen molar-refractivity contribution < 1.29 is 9.13 Å². The van der Waals surface area contributed by atoms with Crippen molar-refractivity contribution in [3.63, 3.8) is 0 Å². The van der Waals surface area contributed by atoms with Crippen LogP contribution >= 0.6 is 15.9 Å². The van der Waals surface area contributed by atoms with E-state index >= 15 is 0 Å². The molecule has 1 N–H and O–H groups in total. The van der Waals surface area contributed by atoms with Crippen molar-refractivity contribution in [2.75, 3.05) is 5.32 Å². The summed E-state index contributed by atoms with van der Waals surface area (Å²) in [5, 5.41) is 3.48. The zero-order valence-electron chi connectivity index (χ0n) is 14.6. The molecule has 134 valence electrons. The predicted molar refractivity (Wildman–Crippen MR) is 108 cm³/mol. The van der Waals surface area contributed by atoms with Crippen molar-refractivity contribution in [2.24, 2.45) is 0 Å². The summed E-state index contributed by atoms with van der Waals surface area (Å²) in [6.45, 7) is 2.97. The van der Waals surface area contributed by atoms with E-state index in [4.69, 9.17) is 4.74 Å². The van der Waals surface area contributed by atoms with Crippen molar-refractivity contribution in [3.8, 4) is 5.75 Å². The molecule has 4 heteroatoms. The van der Waals surface area contributed by atoms with Crippen LogP contribution in [0.3, 0.4) is 0 Å². The monoisotopic (exact) mass is 413 g/mol. The lowest BCUT2D eigenvalue weighted by Gasteiger charge is -2.15. The van der Waals surface area contributed by atoms with Gasteiger partial charge in [-0.05, 0) is 42.3 Å². The first-order valence-corrected chi connectivity index (χ1v) is 9.43. The maximum Gasteiger partial charge on any atom is 0.129 e. The third kappa shape index (κ3) is 4.64. The van der Waals surface area contributed by atoms with Gasteiger partial charge in [-0.25, -0.2) is 4.39 Å². The molecule has 0 heterocycles. The minimum atomic E-state index is -0.249. The molecule has 0 aliphatic carbocycles. The Morgan fingerprint density at radius 1 is 0.923 bits per heavy atom. The SMILES string of the molecule is CCc1ccccc1NCc1cc(Br)ccc1OCc1ccccc1F. The highest BCUT2D eigenvalue weighted by Crippen LogP contribution is 2.26. The number of aryl methyl sites for hydroxylation is 1. The fourth-order valence-electron chi connectivity index (χ4n) is 2.79. The zero-order valence-corrected chi connectivity index (χ0v) is 16.2. The quantitative estimate of drug-likeness (QED) is 0.487. The average Bonchev–Trinajstić information content (AvgIpc) is 2.67. The van der Waals surface area contributed by atoms with Gasteiger partial charge in [0.2, 0.25) is 0 Å². The minimum absolute atomic E-state index is 0.201. The number of para-hydroxylation sites is 1. The molecular formula is C22H21BrFNO. The predicted octanol–water partition coefficient (Wildman–Crippen LogP) is 6.34. The number of benzene rings is 3. The summed E-state index contributed by atoms with van der Waals surface area (Å²) in [5.74, 6) is 0.499. The normalized spacial score (nSPS) is 10.6. The molecule has 3 aromatic carbocycles. The maximum absolute atomic E-state index is 13.8. The second-order valence-electron chi connectivity index (χ2n) is 6.00. The van der Waals surface area contributed by atoms with Gasteiger partial charge in [0, 0.05) is 27.8 Å². The third-order valence-corrected chi connectivity index (χ3v) is 4.72. The van der Waals surface area contributed by atoms with Crippen molar-refractivity contribution in [1.29, 1.82) is 0 Å². The van der Waals surface area contributed by atoms with Gasteiger partial charge in [0.15, 0.2) is 0 Å². The van der Waals surface area contributed by atoms with E-state index in [0.717, 1.165) is 27.9 Å². The van der Waals surface area contributed by atoms with Gasteiger partial charge in [-0.15, -0.1) is 0 Å². The molecule has 0 aromatic heterocycles. The van der Waals surface area contributed by atoms with Crippen LogP contribution in [0.4, 0.5) is 10.1 Å². The number of rotatable bonds is 7. The Morgan fingerprint density at radius 2 is 1.65 bits per heavy atom. The van der Waals surface area contributed by atoms with Crippen LogP contribution in [0.1, 0.15) is 23.6 Å². The van der Waals surface area contributed by atoms with Crippen LogP contribution < -0.4 is 10.1 Å². The van der Waals surface area contributed by atoms with E-state index < -0.39 is 0 Å². The molecule has 0 amide bonds. The molecule has 3 rings (SSSR count). The number of nitrogens with one attached hydrogen (secondary N) is 1. The molecule has 0 radical (unpaired) electrons. The highest BCUT2D eigenvalue weighted by molar-refractivity contribution is 9.10. The van der Waals surface area contributed by atoms with Crippen LogP contribution in [0.15, 0.2) is 71.2 Å². The van der Waals surface area contributed by atoms with Crippen LogP contribution in [0.2, 0.25) is 0 Å². The van der Waals surface area contributed by atoms with E-state index in [9.17, 15) is 4.39 Å². The van der Waals surface area contributed by atoms with E-state index in [1.807, 2.05) is 36.4 Å².